The molecule has 0 spiro atoms. The highest BCUT2D eigenvalue weighted by Gasteiger charge is 2.48. The Balaban J connectivity index is 1.14. The predicted octanol–water partition coefficient (Wildman–Crippen LogP) is -0.727. The van der Waals surface area contributed by atoms with Gasteiger partial charge in [0.25, 0.3) is 6.43 Å². The zero-order valence-corrected chi connectivity index (χ0v) is 24.7. The molecular formula is C25H42ClF2N7O4S. The predicted molar refractivity (Wildman–Crippen MR) is 148 cm³/mol. The number of amides is 2. The molecule has 228 valence electrons. The molecule has 5 fully saturated rings. The van der Waals surface area contributed by atoms with Crippen molar-refractivity contribution in [2.24, 2.45) is 17.8 Å². The maximum atomic E-state index is 13.6. The number of nitrogens with one attached hydrogen (secondary N) is 6. The minimum atomic E-state index is -2.60. The van der Waals surface area contributed by atoms with Crippen LogP contribution in [-0.2, 0) is 19.1 Å². The van der Waals surface area contributed by atoms with Crippen LogP contribution in [0.2, 0.25) is 0 Å². The van der Waals surface area contributed by atoms with Crippen LogP contribution in [0.25, 0.3) is 0 Å². The number of rotatable bonds is 7. The van der Waals surface area contributed by atoms with Gasteiger partial charge in [-0.25, -0.2) is 8.78 Å². The summed E-state index contributed by atoms with van der Waals surface area (Å²) in [6.45, 7) is 4.55. The Morgan fingerprint density at radius 1 is 1.02 bits per heavy atom. The number of thioether (sulfide) groups is 1. The molecule has 15 heteroatoms. The van der Waals surface area contributed by atoms with Crippen LogP contribution in [0, 0.1) is 17.8 Å². The lowest BCUT2D eigenvalue weighted by Crippen LogP contribution is -2.67. The third kappa shape index (κ3) is 6.55. The van der Waals surface area contributed by atoms with Crippen LogP contribution < -0.4 is 31.9 Å². The van der Waals surface area contributed by atoms with Gasteiger partial charge in [-0.15, -0.1) is 23.4 Å². The van der Waals surface area contributed by atoms with Crippen molar-refractivity contribution >= 4 is 35.2 Å². The monoisotopic (exact) mass is 609 g/mol. The average Bonchev–Trinajstić information content (AvgIpc) is 3.50. The molecule has 0 aromatic carbocycles. The summed E-state index contributed by atoms with van der Waals surface area (Å²) in [7, 11) is 3.07. The van der Waals surface area contributed by atoms with Gasteiger partial charge >= 0.3 is 0 Å². The smallest absolute Gasteiger partial charge is 0.257 e. The van der Waals surface area contributed by atoms with Gasteiger partial charge in [0.05, 0.1) is 17.5 Å². The molecule has 5 saturated heterocycles. The van der Waals surface area contributed by atoms with E-state index in [4.69, 9.17) is 21.1 Å². The fraction of sp³-hybridized carbons (Fsp3) is 0.920. The van der Waals surface area contributed by atoms with Crippen LogP contribution in [0.5, 0.6) is 0 Å². The fourth-order valence-electron chi connectivity index (χ4n) is 6.98. The number of hydrogen-bond donors (Lipinski definition) is 6. The molecule has 6 N–H and O–H groups in total. The Bertz CT molecular complexity index is 901. The minimum absolute atomic E-state index is 0.0109. The highest BCUT2D eigenvalue weighted by Crippen LogP contribution is 2.38. The van der Waals surface area contributed by atoms with Gasteiger partial charge in [0, 0.05) is 64.3 Å². The van der Waals surface area contributed by atoms with Crippen molar-refractivity contribution in [1.82, 2.24) is 36.8 Å². The largest absolute Gasteiger partial charge is 0.380 e. The van der Waals surface area contributed by atoms with Crippen molar-refractivity contribution in [3.05, 3.63) is 0 Å². The van der Waals surface area contributed by atoms with E-state index in [-0.39, 0.29) is 64.5 Å². The van der Waals surface area contributed by atoms with Crippen molar-refractivity contribution in [3.8, 4) is 0 Å². The maximum Gasteiger partial charge on any atom is 0.257 e. The quantitative estimate of drug-likeness (QED) is 0.163. The number of alkyl halides is 3. The second-order valence-electron chi connectivity index (χ2n) is 11.6. The number of piperazine rings is 1. The molecule has 5 heterocycles. The second-order valence-corrected chi connectivity index (χ2v) is 13.5. The van der Waals surface area contributed by atoms with Gasteiger partial charge in [-0.05, 0) is 31.6 Å². The average molecular weight is 610 g/mol. The van der Waals surface area contributed by atoms with Gasteiger partial charge in [-0.3, -0.25) is 25.5 Å². The molecule has 0 aromatic heterocycles. The Morgan fingerprint density at radius 3 is 2.52 bits per heavy atom. The number of nitrogens with zero attached hydrogens (tertiary/aromatic N) is 1. The highest BCUT2D eigenvalue weighted by atomic mass is 35.5. The van der Waals surface area contributed by atoms with Crippen LogP contribution in [0.4, 0.5) is 8.78 Å². The van der Waals surface area contributed by atoms with Gasteiger partial charge in [0.15, 0.2) is 0 Å². The molecule has 5 aliphatic rings. The van der Waals surface area contributed by atoms with Crippen LogP contribution in [0.3, 0.4) is 0 Å². The van der Waals surface area contributed by atoms with Crippen molar-refractivity contribution in [2.75, 3.05) is 46.9 Å². The summed E-state index contributed by atoms with van der Waals surface area (Å²) in [5.41, 5.74) is -0.376. The molecule has 0 saturated carbocycles. The lowest BCUT2D eigenvalue weighted by Gasteiger charge is -2.45. The molecular weight excluding hydrogens is 568 g/mol. The van der Waals surface area contributed by atoms with E-state index in [2.05, 4.69) is 38.8 Å². The van der Waals surface area contributed by atoms with E-state index in [0.29, 0.717) is 32.2 Å². The van der Waals surface area contributed by atoms with E-state index in [1.807, 2.05) is 0 Å². The first kappa shape index (κ1) is 30.6. The number of hydrogen-bond acceptors (Lipinski definition) is 10. The number of methoxy groups -OCH3 is 2. The summed E-state index contributed by atoms with van der Waals surface area (Å²) in [6, 6.07) is -1.47. The first-order chi connectivity index (χ1) is 19.2. The molecule has 12 unspecified atom stereocenters. The zero-order valence-electron chi connectivity index (χ0n) is 23.1. The van der Waals surface area contributed by atoms with Crippen LogP contribution in [0.1, 0.15) is 19.8 Å². The number of piperidine rings is 2. The first-order valence-electron chi connectivity index (χ1n) is 14.1. The summed E-state index contributed by atoms with van der Waals surface area (Å²) >= 11 is 8.08. The number of ether oxygens (including phenoxy) is 2. The van der Waals surface area contributed by atoms with E-state index >= 15 is 0 Å². The summed E-state index contributed by atoms with van der Waals surface area (Å²) in [5.74, 6) is 0.0163. The fourth-order valence-corrected chi connectivity index (χ4v) is 8.69. The van der Waals surface area contributed by atoms with Crippen LogP contribution in [-0.4, -0.2) is 123 Å². The molecule has 5 rings (SSSR count). The summed E-state index contributed by atoms with van der Waals surface area (Å²) in [6.07, 6.45) is -1.90. The number of carbonyl (C=O) groups excluding carboxylic acids is 2. The SMILES string of the molecule is COC1CNC(Cl)CC1C1CC(C)NCC1C(=O)NC1NC2CN(C(=O)C3CNC(C(F)F)C(OC)N3)CC2S1. The number of halogens is 3. The van der Waals surface area contributed by atoms with Gasteiger partial charge in [-0.1, -0.05) is 0 Å². The molecule has 0 aromatic rings. The van der Waals surface area contributed by atoms with Crippen molar-refractivity contribution in [2.45, 2.75) is 78.9 Å². The molecule has 0 bridgehead atoms. The van der Waals surface area contributed by atoms with E-state index in [9.17, 15) is 18.4 Å². The lowest BCUT2D eigenvalue weighted by atomic mass is 9.70. The van der Waals surface area contributed by atoms with Crippen molar-refractivity contribution < 1.29 is 27.8 Å². The van der Waals surface area contributed by atoms with Gasteiger partial charge in [0.2, 0.25) is 11.8 Å². The van der Waals surface area contributed by atoms with Crippen LogP contribution in [0.15, 0.2) is 0 Å². The molecule has 12 atom stereocenters. The summed E-state index contributed by atoms with van der Waals surface area (Å²) < 4.78 is 37.4. The number of carbonyl (C=O) groups is 2. The Morgan fingerprint density at radius 2 is 1.82 bits per heavy atom. The third-order valence-electron chi connectivity index (χ3n) is 9.12. The minimum Gasteiger partial charge on any atom is -0.380 e. The van der Waals surface area contributed by atoms with Crippen molar-refractivity contribution in [1.29, 1.82) is 0 Å². The molecule has 0 aliphatic carbocycles. The molecule has 0 radical (unpaired) electrons. The second kappa shape index (κ2) is 13.2. The summed E-state index contributed by atoms with van der Waals surface area (Å²) in [4.78, 5) is 28.5. The topological polar surface area (TPSA) is 128 Å². The molecule has 5 aliphatic heterocycles. The van der Waals surface area contributed by atoms with E-state index in [0.717, 1.165) is 12.8 Å². The molecule has 11 nitrogen and oxygen atoms in total. The summed E-state index contributed by atoms with van der Waals surface area (Å²) in [5, 5.41) is 19.2. The number of fused-ring (bicyclic) bond motifs is 1. The lowest BCUT2D eigenvalue weighted by molar-refractivity contribution is -0.136. The standard InChI is InChI=1S/C25H42ClF2N7O4S/c1-11-4-12(13-5-19(26)30-8-17(13)38-2)14(6-29-11)22(36)34-25-33-16-9-35(10-18(16)40-25)24(37)15-7-31-20(21(27)28)23(32-15)39-3/h11-21,23,25,29-33H,4-10H2,1-3H3,(H,34,36). The normalized spacial score (nSPS) is 44.0. The van der Waals surface area contributed by atoms with Gasteiger partial charge in [0.1, 0.15) is 23.8 Å². The Kier molecular flexibility index (Phi) is 10.1. The number of likely N-dealkylation sites (tertiary alicyclic amines) is 1. The van der Waals surface area contributed by atoms with Gasteiger partial charge < -0.3 is 30.3 Å². The molecule has 2 amide bonds. The Hall–Kier alpha value is -0.840. The zero-order chi connectivity index (χ0) is 28.6. The highest BCUT2D eigenvalue weighted by molar-refractivity contribution is 8.00. The molecule has 40 heavy (non-hydrogen) atoms. The maximum absolute atomic E-state index is 13.6. The van der Waals surface area contributed by atoms with Crippen molar-refractivity contribution in [3.63, 3.8) is 0 Å². The van der Waals surface area contributed by atoms with E-state index in [1.165, 1.54) is 7.11 Å². The third-order valence-corrected chi connectivity index (χ3v) is 10.8. The van der Waals surface area contributed by atoms with Crippen LogP contribution >= 0.6 is 23.4 Å². The van der Waals surface area contributed by atoms with E-state index in [1.54, 1.807) is 23.8 Å². The first-order valence-corrected chi connectivity index (χ1v) is 15.5. The van der Waals surface area contributed by atoms with Gasteiger partial charge in [-0.2, -0.15) is 0 Å². The van der Waals surface area contributed by atoms with E-state index < -0.39 is 24.7 Å². The Labute approximate surface area is 243 Å².